The van der Waals surface area contributed by atoms with Gasteiger partial charge in [0.2, 0.25) is 11.7 Å². The number of nitrogens with one attached hydrogen (secondary N) is 1. The molecule has 9 heteroatoms. The molecule has 0 unspecified atom stereocenters. The number of benzene rings is 1. The van der Waals surface area contributed by atoms with Gasteiger partial charge < -0.3 is 25.0 Å². The van der Waals surface area contributed by atoms with Crippen molar-refractivity contribution < 1.29 is 38.9 Å². The smallest absolute Gasteiger partial charge is 0.306 e. The fourth-order valence-electron chi connectivity index (χ4n) is 8.37. The first-order chi connectivity index (χ1) is 19.9. The molecule has 0 heterocycles. The van der Waals surface area contributed by atoms with E-state index in [9.17, 15) is 29.4 Å². The highest BCUT2D eigenvalue weighted by atomic mass is 16.5. The van der Waals surface area contributed by atoms with Crippen LogP contribution in [0.5, 0.6) is 5.75 Å². The third kappa shape index (κ3) is 5.22. The number of carbonyl (C=O) groups is 4. The zero-order valence-electron chi connectivity index (χ0n) is 24.6. The maximum Gasteiger partial charge on any atom is 0.306 e. The number of hydrogen-bond acceptors (Lipinski definition) is 8. The third-order valence-electron chi connectivity index (χ3n) is 10.7. The summed E-state index contributed by atoms with van der Waals surface area (Å²) in [7, 11) is 1.58. The van der Waals surface area contributed by atoms with Gasteiger partial charge in [0.05, 0.1) is 19.6 Å². The lowest BCUT2D eigenvalue weighted by molar-refractivity contribution is -0.181. The minimum atomic E-state index is -1.73. The summed E-state index contributed by atoms with van der Waals surface area (Å²) in [5.41, 5.74) is -1.10. The molecule has 4 aliphatic carbocycles. The molecule has 0 aliphatic heterocycles. The lowest BCUT2D eigenvalue weighted by Gasteiger charge is -2.59. The van der Waals surface area contributed by atoms with Crippen LogP contribution in [0.1, 0.15) is 64.4 Å². The number of rotatable bonds is 9. The van der Waals surface area contributed by atoms with Crippen LogP contribution in [0.3, 0.4) is 0 Å². The van der Waals surface area contributed by atoms with E-state index in [0.717, 1.165) is 24.0 Å². The second-order valence-corrected chi connectivity index (χ2v) is 12.8. The van der Waals surface area contributed by atoms with Crippen LogP contribution in [0.2, 0.25) is 0 Å². The Hall–Kier alpha value is -3.30. The van der Waals surface area contributed by atoms with E-state index >= 15 is 0 Å². The van der Waals surface area contributed by atoms with Gasteiger partial charge in [0, 0.05) is 29.7 Å². The van der Waals surface area contributed by atoms with E-state index in [2.05, 4.69) is 12.2 Å². The molecule has 1 amide bonds. The van der Waals surface area contributed by atoms with Gasteiger partial charge in [-0.3, -0.25) is 19.2 Å². The van der Waals surface area contributed by atoms with Gasteiger partial charge in [0.1, 0.15) is 11.4 Å². The number of carbonyl (C=O) groups excluding carboxylic acids is 4. The van der Waals surface area contributed by atoms with E-state index < -0.39 is 40.9 Å². The molecule has 3 N–H and O–H groups in total. The van der Waals surface area contributed by atoms with E-state index in [1.54, 1.807) is 31.4 Å². The highest BCUT2D eigenvalue weighted by Gasteiger charge is 2.68. The molecule has 0 spiro atoms. The van der Waals surface area contributed by atoms with Crippen molar-refractivity contribution in [2.75, 3.05) is 13.7 Å². The number of hydrogen-bond donors (Lipinski definition) is 3. The van der Waals surface area contributed by atoms with Crippen molar-refractivity contribution in [2.24, 2.45) is 28.6 Å². The number of ether oxygens (including phenoxy) is 2. The van der Waals surface area contributed by atoms with Crippen molar-refractivity contribution in [2.45, 2.75) is 77.0 Å². The van der Waals surface area contributed by atoms with Crippen LogP contribution in [-0.4, -0.2) is 59.1 Å². The Labute approximate surface area is 246 Å². The van der Waals surface area contributed by atoms with Crippen molar-refractivity contribution in [3.05, 3.63) is 53.6 Å². The van der Waals surface area contributed by atoms with Gasteiger partial charge in [-0.15, -0.1) is 0 Å². The highest BCUT2D eigenvalue weighted by Crippen LogP contribution is 2.67. The zero-order valence-corrected chi connectivity index (χ0v) is 24.6. The molecule has 7 atom stereocenters. The third-order valence-corrected chi connectivity index (χ3v) is 10.7. The standard InChI is InChI=1S/C33H41NO8/c1-31-14-12-22(35)16-21(31)6-9-24-25-13-15-33(40,32(25,2)17-26(36)30(24)31)27(37)19-42-29(39)11-10-28(38)34-18-20-4-7-23(41-3)8-5-20/h4-5,7-8,12,14,16,24-26,30,36,40H,6,9-11,13,15,17-19H2,1-3H3,(H,34,38)/t24-,25+,26-,30-,31+,32+,33+/m1/s1. The van der Waals surface area contributed by atoms with Crippen molar-refractivity contribution in [1.82, 2.24) is 5.32 Å². The monoisotopic (exact) mass is 579 g/mol. The molecule has 0 saturated heterocycles. The molecule has 0 radical (unpaired) electrons. The van der Waals surface area contributed by atoms with Crippen molar-refractivity contribution in [3.63, 3.8) is 0 Å². The largest absolute Gasteiger partial charge is 0.497 e. The first-order valence-electron chi connectivity index (χ1n) is 14.8. The predicted octanol–water partition coefficient (Wildman–Crippen LogP) is 3.21. The number of aliphatic hydroxyl groups excluding tert-OH is 1. The van der Waals surface area contributed by atoms with Gasteiger partial charge in [0.15, 0.2) is 12.4 Å². The van der Waals surface area contributed by atoms with E-state index in [-0.39, 0.29) is 55.1 Å². The van der Waals surface area contributed by atoms with Crippen LogP contribution in [0.25, 0.3) is 0 Å². The number of aliphatic hydroxyl groups is 2. The zero-order chi connectivity index (χ0) is 30.3. The van der Waals surface area contributed by atoms with E-state index in [1.165, 1.54) is 0 Å². The normalized spacial score (nSPS) is 34.9. The van der Waals surface area contributed by atoms with E-state index in [4.69, 9.17) is 9.47 Å². The molecule has 1 aromatic rings. The summed E-state index contributed by atoms with van der Waals surface area (Å²) in [5.74, 6) is -0.899. The fraction of sp³-hybridized carbons (Fsp3) is 0.576. The first-order valence-corrected chi connectivity index (χ1v) is 14.8. The maximum atomic E-state index is 13.4. The summed E-state index contributed by atoms with van der Waals surface area (Å²) < 4.78 is 10.3. The van der Waals surface area contributed by atoms with Gasteiger partial charge in [-0.1, -0.05) is 37.6 Å². The Bertz CT molecular complexity index is 1320. The SMILES string of the molecule is COc1ccc(CNC(=O)CCC(=O)OCC(=O)[C@@]2(O)CC[C@H]3[C@H]4CCC5=CC(=O)C=C[C@]5(C)[C@H]4[C@H](O)C[C@@]32C)cc1. The predicted molar refractivity (Wildman–Crippen MR) is 153 cm³/mol. The first kappa shape index (κ1) is 30.2. The summed E-state index contributed by atoms with van der Waals surface area (Å²) in [6.45, 7) is 3.69. The Morgan fingerprint density at radius 2 is 1.83 bits per heavy atom. The average Bonchev–Trinajstić information content (AvgIpc) is 3.24. The van der Waals surface area contributed by atoms with Crippen LogP contribution in [0, 0.1) is 28.6 Å². The quantitative estimate of drug-likeness (QED) is 0.379. The topological polar surface area (TPSA) is 139 Å². The van der Waals surface area contributed by atoms with E-state index in [0.29, 0.717) is 18.7 Å². The fourth-order valence-corrected chi connectivity index (χ4v) is 8.37. The summed E-state index contributed by atoms with van der Waals surface area (Å²) in [4.78, 5) is 50.0. The minimum Gasteiger partial charge on any atom is -0.497 e. The Kier molecular flexibility index (Phi) is 8.20. The number of fused-ring (bicyclic) bond motifs is 5. The summed E-state index contributed by atoms with van der Waals surface area (Å²) >= 11 is 0. The molecule has 3 fully saturated rings. The lowest BCUT2D eigenvalue weighted by Crippen LogP contribution is -2.61. The number of ketones is 2. The van der Waals surface area contributed by atoms with Crippen LogP contribution in [0.4, 0.5) is 0 Å². The van der Waals surface area contributed by atoms with Gasteiger partial charge >= 0.3 is 5.97 Å². The number of esters is 1. The lowest BCUT2D eigenvalue weighted by atomic mass is 9.46. The molecule has 4 aliphatic rings. The second-order valence-electron chi connectivity index (χ2n) is 12.8. The molecule has 5 rings (SSSR count). The average molecular weight is 580 g/mol. The Morgan fingerprint density at radius 1 is 1.10 bits per heavy atom. The number of Topliss-reactive ketones (excluding diaryl/α,β-unsaturated/α-hetero) is 1. The van der Waals surface area contributed by atoms with Gasteiger partial charge in [0.25, 0.3) is 0 Å². The van der Waals surface area contributed by atoms with Gasteiger partial charge in [-0.05, 0) is 73.8 Å². The van der Waals surface area contributed by atoms with Crippen molar-refractivity contribution in [3.8, 4) is 5.75 Å². The van der Waals surface area contributed by atoms with Crippen molar-refractivity contribution >= 4 is 23.4 Å². The second kappa shape index (κ2) is 11.4. The molecular weight excluding hydrogens is 538 g/mol. The van der Waals surface area contributed by atoms with Gasteiger partial charge in [-0.2, -0.15) is 0 Å². The molecular formula is C33H41NO8. The minimum absolute atomic E-state index is 0.00866. The summed E-state index contributed by atoms with van der Waals surface area (Å²) in [6, 6.07) is 7.26. The maximum absolute atomic E-state index is 13.4. The number of allylic oxidation sites excluding steroid dienone is 4. The van der Waals surface area contributed by atoms with Crippen molar-refractivity contribution in [1.29, 1.82) is 0 Å². The molecule has 42 heavy (non-hydrogen) atoms. The van der Waals surface area contributed by atoms with Crippen LogP contribution in [0.15, 0.2) is 48.1 Å². The van der Waals surface area contributed by atoms with Crippen LogP contribution < -0.4 is 10.1 Å². The number of methoxy groups -OCH3 is 1. The summed E-state index contributed by atoms with van der Waals surface area (Å²) in [6.07, 6.45) is 6.81. The molecule has 0 aromatic heterocycles. The van der Waals surface area contributed by atoms with Crippen LogP contribution in [-0.2, 0) is 30.5 Å². The van der Waals surface area contributed by atoms with Gasteiger partial charge in [-0.25, -0.2) is 0 Å². The number of amides is 1. The van der Waals surface area contributed by atoms with Crippen LogP contribution >= 0.6 is 0 Å². The molecule has 226 valence electrons. The molecule has 3 saturated carbocycles. The summed E-state index contributed by atoms with van der Waals surface area (Å²) in [5, 5.41) is 26.0. The highest BCUT2D eigenvalue weighted by molar-refractivity contribution is 6.01. The molecule has 1 aromatic carbocycles. The van der Waals surface area contributed by atoms with E-state index in [1.807, 2.05) is 25.1 Å². The Morgan fingerprint density at radius 3 is 2.55 bits per heavy atom. The molecule has 9 nitrogen and oxygen atoms in total. The Balaban J connectivity index is 1.15. The molecule has 0 bridgehead atoms.